The molecule has 3 aromatic heterocycles. The van der Waals surface area contributed by atoms with Crippen molar-refractivity contribution in [2.45, 2.75) is 38.3 Å². The first kappa shape index (κ1) is 17.3. The molecule has 7 nitrogen and oxygen atoms in total. The molecule has 3 aromatic rings. The van der Waals surface area contributed by atoms with Gasteiger partial charge in [-0.3, -0.25) is 9.78 Å². The summed E-state index contributed by atoms with van der Waals surface area (Å²) in [5.41, 5.74) is 1.43. The molecule has 4 heterocycles. The van der Waals surface area contributed by atoms with E-state index in [1.165, 1.54) is 0 Å². The van der Waals surface area contributed by atoms with E-state index in [4.69, 9.17) is 0 Å². The van der Waals surface area contributed by atoms with Gasteiger partial charge in [0.15, 0.2) is 5.82 Å². The van der Waals surface area contributed by atoms with Crippen molar-refractivity contribution in [2.24, 2.45) is 0 Å². The zero-order valence-corrected chi connectivity index (χ0v) is 15.1. The summed E-state index contributed by atoms with van der Waals surface area (Å²) in [7, 11) is 0. The molecule has 1 aliphatic rings. The summed E-state index contributed by atoms with van der Waals surface area (Å²) in [5, 5.41) is 0. The average molecular weight is 362 g/mol. The molecule has 0 bridgehead atoms. The number of nitrogens with zero attached hydrogens (tertiary/aromatic N) is 6. The molecule has 0 N–H and O–H groups in total. The van der Waals surface area contributed by atoms with Crippen LogP contribution in [0.4, 0.5) is 0 Å². The maximum absolute atomic E-state index is 13.0. The second-order valence-electron chi connectivity index (χ2n) is 6.77. The Labute approximate surface area is 158 Å². The van der Waals surface area contributed by atoms with Crippen molar-refractivity contribution in [3.63, 3.8) is 0 Å². The Morgan fingerprint density at radius 1 is 1.07 bits per heavy atom. The lowest BCUT2D eigenvalue weighted by atomic mass is 9.98. The standard InChI is InChI=1S/C20H22N6O/c27-20(17-13-23-19(24-14-17)16-4-7-21-8-5-16)26-10-2-1-3-18(26)6-11-25-12-9-22-15-25/h4-5,7-9,12-15,18H,1-3,6,10-11H2/t18-/m1/s1. The van der Waals surface area contributed by atoms with Gasteiger partial charge in [-0.25, -0.2) is 15.0 Å². The summed E-state index contributed by atoms with van der Waals surface area (Å²) in [6.07, 6.45) is 16.4. The van der Waals surface area contributed by atoms with Crippen LogP contribution in [-0.4, -0.2) is 47.9 Å². The third kappa shape index (κ3) is 4.02. The first-order valence-electron chi connectivity index (χ1n) is 9.30. The van der Waals surface area contributed by atoms with Crippen molar-refractivity contribution in [2.75, 3.05) is 6.54 Å². The fraction of sp³-hybridized carbons (Fsp3) is 0.350. The SMILES string of the molecule is O=C(c1cnc(-c2ccncc2)nc1)N1CCCC[C@@H]1CCn1ccnc1. The summed E-state index contributed by atoms with van der Waals surface area (Å²) in [6, 6.07) is 3.95. The van der Waals surface area contributed by atoms with Crippen molar-refractivity contribution in [3.05, 3.63) is 61.2 Å². The van der Waals surface area contributed by atoms with Gasteiger partial charge in [-0.1, -0.05) is 0 Å². The number of aromatic nitrogens is 5. The van der Waals surface area contributed by atoms with E-state index in [2.05, 4.69) is 24.5 Å². The first-order valence-corrected chi connectivity index (χ1v) is 9.30. The Kier molecular flexibility index (Phi) is 5.18. The smallest absolute Gasteiger partial charge is 0.257 e. The molecule has 0 unspecified atom stereocenters. The molecule has 27 heavy (non-hydrogen) atoms. The normalized spacial score (nSPS) is 17.0. The van der Waals surface area contributed by atoms with E-state index in [0.717, 1.165) is 44.3 Å². The number of aryl methyl sites for hydroxylation is 1. The number of rotatable bonds is 5. The Hall–Kier alpha value is -3.09. The second kappa shape index (κ2) is 8.07. The minimum absolute atomic E-state index is 0.0200. The molecule has 0 aliphatic carbocycles. The molecule has 0 spiro atoms. The van der Waals surface area contributed by atoms with Crippen molar-refractivity contribution >= 4 is 5.91 Å². The number of piperidine rings is 1. The van der Waals surface area contributed by atoms with Crippen molar-refractivity contribution in [1.29, 1.82) is 0 Å². The number of likely N-dealkylation sites (tertiary alicyclic amines) is 1. The number of hydrogen-bond acceptors (Lipinski definition) is 5. The lowest BCUT2D eigenvalue weighted by Gasteiger charge is -2.36. The molecule has 4 rings (SSSR count). The molecule has 0 saturated carbocycles. The van der Waals surface area contributed by atoms with Crippen LogP contribution in [0.5, 0.6) is 0 Å². The minimum atomic E-state index is 0.0200. The van der Waals surface area contributed by atoms with Crippen molar-refractivity contribution in [3.8, 4) is 11.4 Å². The third-order valence-corrected chi connectivity index (χ3v) is 5.01. The predicted molar refractivity (Wildman–Crippen MR) is 101 cm³/mol. The van der Waals surface area contributed by atoms with Gasteiger partial charge in [-0.05, 0) is 37.8 Å². The molecule has 1 saturated heterocycles. The van der Waals surface area contributed by atoms with Crippen LogP contribution >= 0.6 is 0 Å². The predicted octanol–water partition coefficient (Wildman–Crippen LogP) is 2.82. The van der Waals surface area contributed by atoms with E-state index in [1.54, 1.807) is 31.0 Å². The topological polar surface area (TPSA) is 76.8 Å². The maximum Gasteiger partial charge on any atom is 0.257 e. The Morgan fingerprint density at radius 2 is 1.89 bits per heavy atom. The summed E-state index contributed by atoms with van der Waals surface area (Å²) < 4.78 is 2.06. The van der Waals surface area contributed by atoms with E-state index < -0.39 is 0 Å². The largest absolute Gasteiger partial charge is 0.337 e. The molecular formula is C20H22N6O. The minimum Gasteiger partial charge on any atom is -0.337 e. The Morgan fingerprint density at radius 3 is 2.63 bits per heavy atom. The quantitative estimate of drug-likeness (QED) is 0.697. The van der Waals surface area contributed by atoms with Crippen LogP contribution in [0.15, 0.2) is 55.6 Å². The molecular weight excluding hydrogens is 340 g/mol. The fourth-order valence-corrected chi connectivity index (χ4v) is 3.54. The van der Waals surface area contributed by atoms with Gasteiger partial charge in [-0.15, -0.1) is 0 Å². The van der Waals surface area contributed by atoms with E-state index in [1.807, 2.05) is 29.6 Å². The zero-order chi connectivity index (χ0) is 18.5. The number of carbonyl (C=O) groups is 1. The molecule has 7 heteroatoms. The van der Waals surface area contributed by atoms with Crippen LogP contribution in [0, 0.1) is 0 Å². The summed E-state index contributed by atoms with van der Waals surface area (Å²) >= 11 is 0. The molecule has 1 aliphatic heterocycles. The highest BCUT2D eigenvalue weighted by Crippen LogP contribution is 2.23. The third-order valence-electron chi connectivity index (χ3n) is 5.01. The van der Waals surface area contributed by atoms with Gasteiger partial charge in [-0.2, -0.15) is 0 Å². The lowest BCUT2D eigenvalue weighted by Crippen LogP contribution is -2.44. The highest BCUT2D eigenvalue weighted by molar-refractivity contribution is 5.94. The lowest BCUT2D eigenvalue weighted by molar-refractivity contribution is 0.0594. The van der Waals surface area contributed by atoms with E-state index in [9.17, 15) is 4.79 Å². The van der Waals surface area contributed by atoms with Gasteiger partial charge >= 0.3 is 0 Å². The molecule has 138 valence electrons. The summed E-state index contributed by atoms with van der Waals surface area (Å²) in [5.74, 6) is 0.621. The van der Waals surface area contributed by atoms with E-state index in [0.29, 0.717) is 11.4 Å². The zero-order valence-electron chi connectivity index (χ0n) is 15.1. The Balaban J connectivity index is 1.46. The monoisotopic (exact) mass is 362 g/mol. The van der Waals surface area contributed by atoms with Gasteiger partial charge in [0, 0.05) is 61.9 Å². The molecule has 1 atom stereocenters. The number of imidazole rings is 1. The van der Waals surface area contributed by atoms with Crippen LogP contribution < -0.4 is 0 Å². The number of pyridine rings is 1. The van der Waals surface area contributed by atoms with Crippen LogP contribution in [0.25, 0.3) is 11.4 Å². The highest BCUT2D eigenvalue weighted by Gasteiger charge is 2.27. The van der Waals surface area contributed by atoms with Gasteiger partial charge < -0.3 is 9.47 Å². The average Bonchev–Trinajstić information content (AvgIpc) is 3.26. The number of hydrogen-bond donors (Lipinski definition) is 0. The fourth-order valence-electron chi connectivity index (χ4n) is 3.54. The molecule has 0 radical (unpaired) electrons. The van der Waals surface area contributed by atoms with Crippen molar-refractivity contribution < 1.29 is 4.79 Å². The Bertz CT molecular complexity index is 863. The molecule has 1 fully saturated rings. The number of amides is 1. The second-order valence-corrected chi connectivity index (χ2v) is 6.77. The van der Waals surface area contributed by atoms with E-state index in [-0.39, 0.29) is 11.9 Å². The molecule has 1 amide bonds. The summed E-state index contributed by atoms with van der Waals surface area (Å²) in [4.78, 5) is 31.9. The number of carbonyl (C=O) groups excluding carboxylic acids is 1. The van der Waals surface area contributed by atoms with Crippen LogP contribution in [-0.2, 0) is 6.54 Å². The van der Waals surface area contributed by atoms with Gasteiger partial charge in [0.05, 0.1) is 11.9 Å². The maximum atomic E-state index is 13.0. The first-order chi connectivity index (χ1) is 13.3. The van der Waals surface area contributed by atoms with Crippen LogP contribution in [0.3, 0.4) is 0 Å². The summed E-state index contributed by atoms with van der Waals surface area (Å²) in [6.45, 7) is 1.66. The highest BCUT2D eigenvalue weighted by atomic mass is 16.2. The van der Waals surface area contributed by atoms with Crippen LogP contribution in [0.2, 0.25) is 0 Å². The van der Waals surface area contributed by atoms with Gasteiger partial charge in [0.2, 0.25) is 0 Å². The van der Waals surface area contributed by atoms with E-state index >= 15 is 0 Å². The van der Waals surface area contributed by atoms with Crippen molar-refractivity contribution in [1.82, 2.24) is 29.4 Å². The van der Waals surface area contributed by atoms with Crippen LogP contribution in [0.1, 0.15) is 36.0 Å². The van der Waals surface area contributed by atoms with Gasteiger partial charge in [0.1, 0.15) is 0 Å². The van der Waals surface area contributed by atoms with Gasteiger partial charge in [0.25, 0.3) is 5.91 Å². The molecule has 0 aromatic carbocycles.